The molecule has 0 atom stereocenters. The number of hydrogen-bond acceptors (Lipinski definition) is 3. The maximum atomic E-state index is 3.89. The van der Waals surface area contributed by atoms with Crippen molar-refractivity contribution >= 4 is 96.7 Å². The summed E-state index contributed by atoms with van der Waals surface area (Å²) >= 11 is 1.86. The average molecular weight is 667 g/mol. The minimum absolute atomic E-state index is 1.10. The number of nitrogens with zero attached hydrogens (tertiary/aromatic N) is 2. The van der Waals surface area contributed by atoms with E-state index in [-0.39, 0.29) is 0 Å². The van der Waals surface area contributed by atoms with Gasteiger partial charge in [-0.2, -0.15) is 0 Å². The molecule has 3 heterocycles. The molecule has 0 amide bonds. The Morgan fingerprint density at radius 2 is 1.20 bits per heavy atom. The van der Waals surface area contributed by atoms with Crippen molar-refractivity contribution in [2.24, 2.45) is 0 Å². The maximum absolute atomic E-state index is 3.89. The lowest BCUT2D eigenvalue weighted by atomic mass is 9.58. The van der Waals surface area contributed by atoms with Crippen molar-refractivity contribution < 1.29 is 0 Å². The molecule has 5 heteroatoms. The van der Waals surface area contributed by atoms with Gasteiger partial charge in [0.15, 0.2) is 7.28 Å². The maximum Gasteiger partial charge on any atom is 0.197 e. The molecule has 0 aliphatic carbocycles. The largest absolute Gasteiger partial charge is 0.354 e. The van der Waals surface area contributed by atoms with Crippen molar-refractivity contribution in [2.75, 3.05) is 9.80 Å². The number of fused-ring (bicyclic) bond motifs is 8. The summed E-state index contributed by atoms with van der Waals surface area (Å²) in [5.74, 6) is 0. The van der Waals surface area contributed by atoms with Gasteiger partial charge in [0, 0.05) is 54.4 Å². The summed E-state index contributed by atoms with van der Waals surface area (Å²) in [4.78, 5) is 11.3. The summed E-state index contributed by atoms with van der Waals surface area (Å²) in [6, 6.07) is 61.7. The van der Waals surface area contributed by atoms with E-state index >= 15 is 0 Å². The average Bonchev–Trinajstić information content (AvgIpc) is 3.55. The number of nitrogens with one attached hydrogen (secondary N) is 1. The quantitative estimate of drug-likeness (QED) is 0.189. The SMILES string of the molecule is [B]1c2cccc3c2N(c2ccccc2S3)c2cc(N(c3ccccc3)c3ccccc3)cc(-c3cccc4c3[nH]c3cc5ccccc5cc34)c21. The van der Waals surface area contributed by atoms with Crippen LogP contribution in [0.15, 0.2) is 180 Å². The van der Waals surface area contributed by atoms with Gasteiger partial charge in [0.25, 0.3) is 0 Å². The fraction of sp³-hybridized carbons (Fsp3) is 0. The summed E-state index contributed by atoms with van der Waals surface area (Å²) < 4.78 is 0. The van der Waals surface area contributed by atoms with Crippen LogP contribution in [0.5, 0.6) is 0 Å². The minimum Gasteiger partial charge on any atom is -0.354 e. The Bertz CT molecular complexity index is 2790. The third-order valence-corrected chi connectivity index (χ3v) is 11.5. The van der Waals surface area contributed by atoms with Crippen molar-refractivity contribution in [2.45, 2.75) is 9.79 Å². The molecule has 3 nitrogen and oxygen atoms in total. The van der Waals surface area contributed by atoms with Gasteiger partial charge in [-0.05, 0) is 88.5 Å². The van der Waals surface area contributed by atoms with E-state index in [1.807, 2.05) is 11.8 Å². The van der Waals surface area contributed by atoms with Crippen LogP contribution < -0.4 is 20.7 Å². The Morgan fingerprint density at radius 3 is 2.00 bits per heavy atom. The van der Waals surface area contributed by atoms with Crippen LogP contribution in [0.2, 0.25) is 0 Å². The van der Waals surface area contributed by atoms with Crippen LogP contribution in [-0.4, -0.2) is 12.3 Å². The van der Waals surface area contributed by atoms with Crippen LogP contribution in [0.4, 0.5) is 34.1 Å². The van der Waals surface area contributed by atoms with E-state index < -0.39 is 0 Å². The second kappa shape index (κ2) is 11.2. The van der Waals surface area contributed by atoms with Crippen molar-refractivity contribution in [1.29, 1.82) is 0 Å². The van der Waals surface area contributed by atoms with Crippen LogP contribution in [0, 0.1) is 0 Å². The Kier molecular flexibility index (Phi) is 6.28. The Hall–Kier alpha value is -6.17. The van der Waals surface area contributed by atoms with Gasteiger partial charge in [-0.25, -0.2) is 0 Å². The number of anilines is 6. The molecular weight excluding hydrogens is 637 g/mol. The molecule has 51 heavy (non-hydrogen) atoms. The number of aromatic nitrogens is 1. The first-order chi connectivity index (χ1) is 25.3. The fourth-order valence-corrected chi connectivity index (χ4v) is 9.20. The molecule has 0 saturated heterocycles. The van der Waals surface area contributed by atoms with Crippen molar-refractivity contribution in [3.63, 3.8) is 0 Å². The van der Waals surface area contributed by atoms with Gasteiger partial charge in [0.05, 0.1) is 16.9 Å². The lowest BCUT2D eigenvalue weighted by molar-refractivity contribution is 1.17. The lowest BCUT2D eigenvalue weighted by Gasteiger charge is -2.40. The number of hydrogen-bond donors (Lipinski definition) is 1. The smallest absolute Gasteiger partial charge is 0.197 e. The van der Waals surface area contributed by atoms with Crippen LogP contribution in [0.3, 0.4) is 0 Å². The topological polar surface area (TPSA) is 22.3 Å². The molecule has 1 aromatic heterocycles. The third kappa shape index (κ3) is 4.41. The molecule has 237 valence electrons. The van der Waals surface area contributed by atoms with Crippen LogP contribution >= 0.6 is 11.8 Å². The zero-order chi connectivity index (χ0) is 33.5. The molecular formula is C46H29BN3S. The van der Waals surface area contributed by atoms with E-state index in [9.17, 15) is 0 Å². The van der Waals surface area contributed by atoms with E-state index in [1.165, 1.54) is 70.5 Å². The molecule has 0 unspecified atom stereocenters. The summed E-state index contributed by atoms with van der Waals surface area (Å²) in [5, 5.41) is 4.96. The van der Waals surface area contributed by atoms with E-state index in [4.69, 9.17) is 0 Å². The molecule has 1 N–H and O–H groups in total. The Balaban J connectivity index is 1.24. The van der Waals surface area contributed by atoms with Gasteiger partial charge in [0.2, 0.25) is 0 Å². The lowest BCUT2D eigenvalue weighted by Crippen LogP contribution is -2.42. The molecule has 1 radical (unpaired) electrons. The predicted molar refractivity (Wildman–Crippen MR) is 217 cm³/mol. The molecule has 9 aromatic rings. The molecule has 0 fully saturated rings. The van der Waals surface area contributed by atoms with Crippen LogP contribution in [-0.2, 0) is 0 Å². The van der Waals surface area contributed by atoms with Crippen molar-refractivity contribution in [1.82, 2.24) is 4.98 Å². The van der Waals surface area contributed by atoms with Gasteiger partial charge >= 0.3 is 0 Å². The Labute approximate surface area is 301 Å². The highest BCUT2D eigenvalue weighted by Gasteiger charge is 2.34. The highest BCUT2D eigenvalue weighted by Crippen LogP contribution is 2.53. The minimum atomic E-state index is 1.10. The third-order valence-electron chi connectivity index (χ3n) is 10.3. The summed E-state index contributed by atoms with van der Waals surface area (Å²) in [6.07, 6.45) is 0. The second-order valence-electron chi connectivity index (χ2n) is 13.3. The molecule has 2 aliphatic heterocycles. The molecule has 2 aliphatic rings. The van der Waals surface area contributed by atoms with E-state index in [2.05, 4.69) is 192 Å². The first-order valence-electron chi connectivity index (χ1n) is 17.4. The van der Waals surface area contributed by atoms with Gasteiger partial charge < -0.3 is 14.8 Å². The van der Waals surface area contributed by atoms with Crippen molar-refractivity contribution in [3.8, 4) is 11.1 Å². The zero-order valence-electron chi connectivity index (χ0n) is 27.5. The number of rotatable bonds is 4. The van der Waals surface area contributed by atoms with Crippen LogP contribution in [0.1, 0.15) is 0 Å². The number of aromatic amines is 1. The first kappa shape index (κ1) is 28.7. The molecule has 0 spiro atoms. The highest BCUT2D eigenvalue weighted by molar-refractivity contribution is 7.99. The Morgan fingerprint density at radius 1 is 0.510 bits per heavy atom. The fourth-order valence-electron chi connectivity index (χ4n) is 8.10. The van der Waals surface area contributed by atoms with Gasteiger partial charge in [0.1, 0.15) is 0 Å². The number of H-pyrrole nitrogens is 1. The van der Waals surface area contributed by atoms with Crippen LogP contribution in [0.25, 0.3) is 43.7 Å². The van der Waals surface area contributed by atoms with E-state index in [0.717, 1.165) is 28.1 Å². The molecule has 11 rings (SSSR count). The molecule has 0 saturated carbocycles. The number of benzene rings is 8. The van der Waals surface area contributed by atoms with Gasteiger partial charge in [-0.3, -0.25) is 0 Å². The number of para-hydroxylation sites is 5. The second-order valence-corrected chi connectivity index (χ2v) is 14.4. The molecule has 0 bridgehead atoms. The summed E-state index contributed by atoms with van der Waals surface area (Å²) in [7, 11) is 2.41. The first-order valence-corrected chi connectivity index (χ1v) is 18.2. The molecule has 8 aromatic carbocycles. The monoisotopic (exact) mass is 666 g/mol. The zero-order valence-corrected chi connectivity index (χ0v) is 28.4. The normalized spacial score (nSPS) is 12.7. The summed E-state index contributed by atoms with van der Waals surface area (Å²) in [5.41, 5.74) is 14.1. The van der Waals surface area contributed by atoms with E-state index in [1.54, 1.807) is 0 Å². The standard InChI is InChI=1S/C46H29BN3S/c1-3-15-31(16-4-1)49(32-17-5-2-6-18-32)33-27-37(35-20-11-19-34-36-25-29-13-7-8-14-30(29)26-39(36)48-45(34)35)44-41(28-33)50-40-22-9-10-23-42(40)51-43-24-12-21-38(47-44)46(43)50/h1-28,48H. The van der Waals surface area contributed by atoms with E-state index in [0.29, 0.717) is 0 Å². The van der Waals surface area contributed by atoms with Gasteiger partial charge in [-0.15, -0.1) is 0 Å². The predicted octanol–water partition coefficient (Wildman–Crippen LogP) is 11.5. The van der Waals surface area contributed by atoms with Gasteiger partial charge in [-0.1, -0.05) is 120 Å². The van der Waals surface area contributed by atoms with Crippen molar-refractivity contribution in [3.05, 3.63) is 170 Å². The highest BCUT2D eigenvalue weighted by atomic mass is 32.2. The summed E-state index contributed by atoms with van der Waals surface area (Å²) in [6.45, 7) is 0.